The quantitative estimate of drug-likeness (QED) is 0.451. The molecule has 0 bridgehead atoms. The number of ether oxygens (including phenoxy) is 1. The number of amides is 2. The van der Waals surface area contributed by atoms with Crippen molar-refractivity contribution >= 4 is 18.6 Å². The summed E-state index contributed by atoms with van der Waals surface area (Å²) in [6, 6.07) is 0. The Kier molecular flexibility index (Phi) is 336. The number of aliphatic hydroxyl groups is 2. The minimum absolute atomic E-state index is 0. The smallest absolute Gasteiger partial charge is 0.216 e. The van der Waals surface area contributed by atoms with E-state index in [1.807, 2.05) is 34.5 Å². The minimum atomic E-state index is -0.181. The first-order valence-corrected chi connectivity index (χ1v) is 6.66. The van der Waals surface area contributed by atoms with Gasteiger partial charge in [0.2, 0.25) is 11.8 Å². The molecule has 0 spiro atoms. The van der Waals surface area contributed by atoms with Gasteiger partial charge in [0.25, 0.3) is 0 Å². The van der Waals surface area contributed by atoms with E-state index in [0.29, 0.717) is 0 Å². The Labute approximate surface area is 182 Å². The second kappa shape index (κ2) is 131. The van der Waals surface area contributed by atoms with Gasteiger partial charge in [-0.25, -0.2) is 0 Å². The van der Waals surface area contributed by atoms with Crippen molar-refractivity contribution < 1.29 is 62.0 Å². The summed E-state index contributed by atoms with van der Waals surface area (Å²) in [4.78, 5) is 27.4. The van der Waals surface area contributed by atoms with Crippen LogP contribution in [0.5, 0.6) is 0 Å². The van der Waals surface area contributed by atoms with Gasteiger partial charge in [0.05, 0.1) is 0 Å². The van der Waals surface area contributed by atoms with Gasteiger partial charge in [0.1, 0.15) is 13.6 Å². The molecule has 159 valence electrons. The summed E-state index contributed by atoms with van der Waals surface area (Å²) >= 11 is 0. The number of aliphatic hydroxyl groups excluding tert-OH is 2. The molecule has 0 atom stereocenters. The maximum atomic E-state index is 9.70. The van der Waals surface area contributed by atoms with Crippen LogP contribution >= 0.6 is 0 Å². The summed E-state index contributed by atoms with van der Waals surface area (Å²) in [6.45, 7) is 12.8. The van der Waals surface area contributed by atoms with Gasteiger partial charge < -0.3 is 30.4 Å². The fourth-order valence-electron chi connectivity index (χ4n) is 0. The zero-order valence-corrected chi connectivity index (χ0v) is 19.4. The third-order valence-corrected chi connectivity index (χ3v) is 0.833. The third kappa shape index (κ3) is 521. The first kappa shape index (κ1) is 64.3. The number of nitrogens with one attached hydrogen (secondary N) is 2. The number of rotatable bonds is 1. The predicted octanol–water partition coefficient (Wildman–Crippen LogP) is 1.83. The van der Waals surface area contributed by atoms with E-state index in [2.05, 4.69) is 15.4 Å². The molecule has 25 heavy (non-hydrogen) atoms. The van der Waals surface area contributed by atoms with Crippen molar-refractivity contribution in [3.63, 3.8) is 0 Å². The van der Waals surface area contributed by atoms with E-state index in [9.17, 15) is 9.59 Å². The van der Waals surface area contributed by atoms with Gasteiger partial charge in [-0.2, -0.15) is 0 Å². The van der Waals surface area contributed by atoms with Crippen LogP contribution in [0.3, 0.4) is 0 Å². The van der Waals surface area contributed by atoms with Crippen molar-refractivity contribution in [2.45, 2.75) is 56.4 Å². The van der Waals surface area contributed by atoms with Crippen LogP contribution in [0.25, 0.3) is 0 Å². The Morgan fingerprint density at radius 2 is 0.960 bits per heavy atom. The molecule has 8 nitrogen and oxygen atoms in total. The molecule has 0 saturated heterocycles. The molecule has 0 rings (SSSR count). The van der Waals surface area contributed by atoms with Crippen molar-refractivity contribution in [1.29, 1.82) is 0 Å². The molecule has 0 heterocycles. The molecule has 4 N–H and O–H groups in total. The van der Waals surface area contributed by atoms with E-state index in [1.165, 1.54) is 21.0 Å². The summed E-state index contributed by atoms with van der Waals surface area (Å²) in [5.74, 6) is 0.00926. The van der Waals surface area contributed by atoms with Crippen LogP contribution in [0.4, 0.5) is 0 Å². The van der Waals surface area contributed by atoms with E-state index >= 15 is 0 Å². The molecule has 0 aliphatic rings. The molecule has 1 radical (unpaired) electrons. The van der Waals surface area contributed by atoms with Crippen LogP contribution in [0, 0.1) is 0 Å². The molecule has 0 aromatic carbocycles. The van der Waals surface area contributed by atoms with Gasteiger partial charge in [-0.1, -0.05) is 42.5 Å². The molecule has 9 heteroatoms. The van der Waals surface area contributed by atoms with E-state index in [-0.39, 0.29) is 66.2 Å². The largest absolute Gasteiger partial charge is 0.400 e. The van der Waals surface area contributed by atoms with Crippen LogP contribution in [-0.2, 0) is 51.8 Å². The Morgan fingerprint density at radius 3 is 0.960 bits per heavy atom. The maximum Gasteiger partial charge on any atom is 0.216 e. The Hall–Kier alpha value is -0.406. The first-order valence-electron chi connectivity index (χ1n) is 6.66. The number of carbonyl (C=O) groups is 3. The topological polar surface area (TPSA) is 125 Å². The zero-order valence-electron chi connectivity index (χ0n) is 16.5. The van der Waals surface area contributed by atoms with Crippen LogP contribution in [-0.4, -0.2) is 63.9 Å². The van der Waals surface area contributed by atoms with Crippen molar-refractivity contribution in [2.24, 2.45) is 0 Å². The number of methoxy groups -OCH3 is 1. The summed E-state index contributed by atoms with van der Waals surface area (Å²) in [7, 11) is 5.63. The van der Waals surface area contributed by atoms with Crippen LogP contribution in [0.15, 0.2) is 0 Å². The van der Waals surface area contributed by atoms with E-state index < -0.39 is 0 Å². The predicted molar refractivity (Wildman–Crippen MR) is 105 cm³/mol. The molecule has 0 fully saturated rings. The molecule has 0 aliphatic carbocycles. The first-order chi connectivity index (χ1) is 10.5. The van der Waals surface area contributed by atoms with Gasteiger partial charge in [-0.15, -0.1) is 0 Å². The average molecular weight is 451 g/mol. The average Bonchev–Trinajstić information content (AvgIpc) is 2.62. The fourth-order valence-corrected chi connectivity index (χ4v) is 0. The van der Waals surface area contributed by atoms with Gasteiger partial charge in [0.15, 0.2) is 0 Å². The molecule has 0 aliphatic heterocycles. The molecule has 2 amide bonds. The monoisotopic (exact) mass is 451 g/mol. The normalized spacial score (nSPS) is 4.80. The van der Waals surface area contributed by atoms with Gasteiger partial charge >= 0.3 is 0 Å². The second-order valence-corrected chi connectivity index (χ2v) is 2.03. The summed E-state index contributed by atoms with van der Waals surface area (Å²) in [5.41, 5.74) is 0. The second-order valence-electron chi connectivity index (χ2n) is 2.03. The molecular weight excluding hydrogens is 405 g/mol. The molecule has 0 aromatic rings. The van der Waals surface area contributed by atoms with Crippen molar-refractivity contribution in [2.75, 3.05) is 35.1 Å². The van der Waals surface area contributed by atoms with Crippen LogP contribution in [0.1, 0.15) is 56.4 Å². The molecule has 0 saturated carbocycles. The van der Waals surface area contributed by atoms with Gasteiger partial charge in [-0.05, 0) is 0 Å². The van der Waals surface area contributed by atoms with Gasteiger partial charge in [-0.3, -0.25) is 9.59 Å². The molecular formula is C16H46N2O6Y. The Bertz CT molecular complexity index is 150. The summed E-state index contributed by atoms with van der Waals surface area (Å²) in [5, 5.41) is 19.4. The van der Waals surface area contributed by atoms with Gasteiger partial charge in [0, 0.05) is 74.9 Å². The van der Waals surface area contributed by atoms with E-state index in [0.717, 1.165) is 7.11 Å². The van der Waals surface area contributed by atoms with E-state index in [4.69, 9.17) is 15.0 Å². The standard InChI is InChI=1S/2C3H7NO.C2H6O2.2C2H6.CH4O.CH2O.2CH4.Y/c2*1-3(5)4-2;1-4-2-3;4*1-2;;;/h2*1-2H3,(H,4,5);3H,2H2,1H3;2*1-2H3;2H,1H3;1H2;2*1H4;. The minimum Gasteiger partial charge on any atom is -0.400 e. The van der Waals surface area contributed by atoms with Crippen LogP contribution in [0.2, 0.25) is 0 Å². The zero-order chi connectivity index (χ0) is 20.0. The van der Waals surface area contributed by atoms with E-state index in [1.54, 1.807) is 14.1 Å². The number of hydrogen-bond donors (Lipinski definition) is 4. The van der Waals surface area contributed by atoms with Crippen LogP contribution < -0.4 is 10.6 Å². The van der Waals surface area contributed by atoms with Crippen molar-refractivity contribution in [3.8, 4) is 0 Å². The molecule has 0 unspecified atom stereocenters. The van der Waals surface area contributed by atoms with Crippen molar-refractivity contribution in [1.82, 2.24) is 10.6 Å². The SMILES string of the molecule is C.C.C=O.CC.CC.CNC(C)=O.CNC(C)=O.CO.COCO.[Y]. The Balaban J connectivity index is -0.0000000134. The fraction of sp³-hybridized carbons (Fsp3) is 0.812. The Morgan fingerprint density at radius 1 is 0.880 bits per heavy atom. The maximum absolute atomic E-state index is 9.70. The summed E-state index contributed by atoms with van der Waals surface area (Å²) < 4.78 is 4.10. The van der Waals surface area contributed by atoms with Crippen molar-refractivity contribution in [3.05, 3.63) is 0 Å². The number of hydrogen-bond acceptors (Lipinski definition) is 6. The molecule has 0 aromatic heterocycles. The summed E-state index contributed by atoms with van der Waals surface area (Å²) in [6.07, 6.45) is 0. The third-order valence-electron chi connectivity index (χ3n) is 0.833. The number of carbonyl (C=O) groups excluding carboxylic acids is 3.